The van der Waals surface area contributed by atoms with Crippen LogP contribution in [0.15, 0.2) is 24.3 Å². The van der Waals surface area contributed by atoms with Gasteiger partial charge in [0, 0.05) is 62.0 Å². The Hall–Kier alpha value is -2.26. The van der Waals surface area contributed by atoms with Crippen molar-refractivity contribution >= 4 is 29.3 Å². The van der Waals surface area contributed by atoms with E-state index in [-0.39, 0.29) is 61.4 Å². The highest BCUT2D eigenvalue weighted by molar-refractivity contribution is 6.30. The summed E-state index contributed by atoms with van der Waals surface area (Å²) in [6, 6.07) is 5.45. The lowest BCUT2D eigenvalue weighted by molar-refractivity contribution is -0.149. The maximum Gasteiger partial charge on any atom is 0.244 e. The Morgan fingerprint density at radius 3 is 2.07 bits per heavy atom. The van der Waals surface area contributed by atoms with Gasteiger partial charge in [-0.25, -0.2) is 8.78 Å². The SMILES string of the molecule is CN(C)C(=O)[C@@H]1C[C@H](N(C(=O)C(C)(C)C)C2CCC(F)CC2F)CN1C(=O)C1CN(C(C)(C)C)C[C@H]1c1ccc(Cl)cc1. The molecule has 10 heteroatoms. The highest BCUT2D eigenvalue weighted by Crippen LogP contribution is 2.41. The van der Waals surface area contributed by atoms with E-state index in [4.69, 9.17) is 11.6 Å². The van der Waals surface area contributed by atoms with Crippen LogP contribution in [0.2, 0.25) is 5.02 Å². The summed E-state index contributed by atoms with van der Waals surface area (Å²) in [6.07, 6.45) is -2.38. The minimum absolute atomic E-state index is 0.111. The topological polar surface area (TPSA) is 64.2 Å². The molecule has 240 valence electrons. The zero-order valence-electron chi connectivity index (χ0n) is 26.9. The number of likely N-dealkylation sites (N-methyl/N-ethyl adjacent to an activating group) is 1. The lowest BCUT2D eigenvalue weighted by Gasteiger charge is -2.43. The molecule has 0 radical (unpaired) electrons. The third-order valence-corrected chi connectivity index (χ3v) is 9.72. The van der Waals surface area contributed by atoms with Crippen LogP contribution in [-0.4, -0.2) is 107 Å². The fraction of sp³-hybridized carbons (Fsp3) is 0.727. The maximum atomic E-state index is 15.5. The molecule has 7 atom stereocenters. The predicted octanol–water partition coefficient (Wildman–Crippen LogP) is 5.32. The smallest absolute Gasteiger partial charge is 0.244 e. The van der Waals surface area contributed by atoms with Gasteiger partial charge in [-0.15, -0.1) is 0 Å². The summed E-state index contributed by atoms with van der Waals surface area (Å²) in [6.45, 7) is 13.1. The van der Waals surface area contributed by atoms with Gasteiger partial charge >= 0.3 is 0 Å². The molecular weight excluding hydrogens is 574 g/mol. The average molecular weight is 623 g/mol. The summed E-state index contributed by atoms with van der Waals surface area (Å²) in [4.78, 5) is 49.1. The molecule has 3 aliphatic rings. The highest BCUT2D eigenvalue weighted by Gasteiger charge is 2.52. The van der Waals surface area contributed by atoms with Crippen LogP contribution in [0.4, 0.5) is 8.78 Å². The highest BCUT2D eigenvalue weighted by atomic mass is 35.5. The molecule has 0 N–H and O–H groups in total. The van der Waals surface area contributed by atoms with Gasteiger partial charge in [0.25, 0.3) is 0 Å². The Labute approximate surface area is 260 Å². The number of carbonyl (C=O) groups excluding carboxylic acids is 3. The van der Waals surface area contributed by atoms with Crippen molar-refractivity contribution in [1.82, 2.24) is 19.6 Å². The first kappa shape index (κ1) is 33.6. The number of rotatable bonds is 5. The van der Waals surface area contributed by atoms with E-state index in [1.807, 2.05) is 24.3 Å². The number of hydrogen-bond donors (Lipinski definition) is 0. The van der Waals surface area contributed by atoms with Gasteiger partial charge in [0.2, 0.25) is 17.7 Å². The molecular formula is C33H49ClF2N4O3. The van der Waals surface area contributed by atoms with E-state index < -0.39 is 41.8 Å². The van der Waals surface area contributed by atoms with E-state index in [1.165, 1.54) is 4.90 Å². The Bertz CT molecular complexity index is 1180. The van der Waals surface area contributed by atoms with Crippen LogP contribution in [0.3, 0.4) is 0 Å². The normalized spacial score (nSPS) is 30.4. The van der Waals surface area contributed by atoms with E-state index >= 15 is 4.39 Å². The van der Waals surface area contributed by atoms with Gasteiger partial charge in [0.15, 0.2) is 0 Å². The molecule has 0 aromatic heterocycles. The second-order valence-electron chi connectivity index (χ2n) is 14.9. The van der Waals surface area contributed by atoms with Crippen molar-refractivity contribution in [1.29, 1.82) is 0 Å². The van der Waals surface area contributed by atoms with Crippen molar-refractivity contribution in [3.63, 3.8) is 0 Å². The summed E-state index contributed by atoms with van der Waals surface area (Å²) < 4.78 is 29.6. The molecule has 4 unspecified atom stereocenters. The molecule has 1 aliphatic carbocycles. The van der Waals surface area contributed by atoms with Crippen LogP contribution in [0.1, 0.15) is 78.7 Å². The third-order valence-electron chi connectivity index (χ3n) is 9.47. The van der Waals surface area contributed by atoms with E-state index in [9.17, 15) is 18.8 Å². The van der Waals surface area contributed by atoms with Crippen LogP contribution in [0.5, 0.6) is 0 Å². The van der Waals surface area contributed by atoms with Crippen molar-refractivity contribution in [3.8, 4) is 0 Å². The number of hydrogen-bond acceptors (Lipinski definition) is 4. The quantitative estimate of drug-likeness (QED) is 0.446. The first-order valence-corrected chi connectivity index (χ1v) is 15.9. The van der Waals surface area contributed by atoms with Gasteiger partial charge in [0.05, 0.1) is 18.0 Å². The van der Waals surface area contributed by atoms with Crippen molar-refractivity contribution < 1.29 is 23.2 Å². The van der Waals surface area contributed by atoms with Crippen LogP contribution < -0.4 is 0 Å². The Morgan fingerprint density at radius 2 is 1.53 bits per heavy atom. The number of halogens is 3. The Kier molecular flexibility index (Phi) is 9.87. The second kappa shape index (κ2) is 12.6. The van der Waals surface area contributed by atoms with Crippen LogP contribution in [-0.2, 0) is 14.4 Å². The van der Waals surface area contributed by atoms with Crippen molar-refractivity contribution in [2.75, 3.05) is 33.7 Å². The predicted molar refractivity (Wildman–Crippen MR) is 165 cm³/mol. The van der Waals surface area contributed by atoms with Crippen LogP contribution in [0, 0.1) is 11.3 Å². The van der Waals surface area contributed by atoms with Gasteiger partial charge < -0.3 is 14.7 Å². The number of benzene rings is 1. The number of amides is 3. The first-order valence-electron chi connectivity index (χ1n) is 15.5. The second-order valence-corrected chi connectivity index (χ2v) is 15.4. The zero-order valence-corrected chi connectivity index (χ0v) is 27.7. The van der Waals surface area contributed by atoms with Crippen molar-refractivity contribution in [2.45, 2.75) is 109 Å². The molecule has 0 spiro atoms. The summed E-state index contributed by atoms with van der Waals surface area (Å²) >= 11 is 6.18. The molecule has 0 bridgehead atoms. The molecule has 43 heavy (non-hydrogen) atoms. The Balaban J connectivity index is 1.71. The van der Waals surface area contributed by atoms with Gasteiger partial charge in [-0.2, -0.15) is 0 Å². The third kappa shape index (κ3) is 7.19. The fourth-order valence-corrected chi connectivity index (χ4v) is 7.12. The maximum absolute atomic E-state index is 15.5. The molecule has 2 aliphatic heterocycles. The lowest BCUT2D eigenvalue weighted by Crippen LogP contribution is -2.57. The summed E-state index contributed by atoms with van der Waals surface area (Å²) in [5.41, 5.74) is 0.0183. The largest absolute Gasteiger partial charge is 0.347 e. The molecule has 3 amide bonds. The van der Waals surface area contributed by atoms with E-state index in [1.54, 1.807) is 44.7 Å². The fourth-order valence-electron chi connectivity index (χ4n) is 6.99. The minimum Gasteiger partial charge on any atom is -0.347 e. The number of carbonyl (C=O) groups is 3. The summed E-state index contributed by atoms with van der Waals surface area (Å²) in [5, 5.41) is 0.618. The van der Waals surface area contributed by atoms with Crippen LogP contribution in [0.25, 0.3) is 0 Å². The zero-order chi connectivity index (χ0) is 32.0. The van der Waals surface area contributed by atoms with Gasteiger partial charge in [-0.1, -0.05) is 44.5 Å². The molecule has 1 aromatic rings. The van der Waals surface area contributed by atoms with E-state index in [0.717, 1.165) is 5.56 Å². The Morgan fingerprint density at radius 1 is 0.907 bits per heavy atom. The molecule has 1 saturated carbocycles. The van der Waals surface area contributed by atoms with E-state index in [2.05, 4.69) is 25.7 Å². The number of nitrogens with zero attached hydrogens (tertiary/aromatic N) is 4. The average Bonchev–Trinajstić information content (AvgIpc) is 3.55. The molecule has 7 nitrogen and oxygen atoms in total. The van der Waals surface area contributed by atoms with Crippen LogP contribution >= 0.6 is 11.6 Å². The summed E-state index contributed by atoms with van der Waals surface area (Å²) in [5.74, 6) is -1.13. The molecule has 2 saturated heterocycles. The molecule has 1 aromatic carbocycles. The van der Waals surface area contributed by atoms with Gasteiger partial charge in [-0.3, -0.25) is 19.3 Å². The monoisotopic (exact) mass is 622 g/mol. The summed E-state index contributed by atoms with van der Waals surface area (Å²) in [7, 11) is 3.31. The standard InChI is InChI=1S/C33H49ClF2N4O3/c1-32(2,3)31(43)40(27-14-13-22(35)15-26(27)36)23-16-28(30(42)37(7)8)39(17-23)29(41)25-19-38(33(4,5)6)18-24(25)20-9-11-21(34)12-10-20/h9-12,22-28H,13-19H2,1-8H3/t22?,23-,24-,25?,26?,27?,28-/m0/s1. The minimum atomic E-state index is -1.51. The molecule has 4 rings (SSSR count). The molecule has 3 fully saturated rings. The lowest BCUT2D eigenvalue weighted by atomic mass is 9.86. The van der Waals surface area contributed by atoms with Gasteiger partial charge in [0.1, 0.15) is 18.4 Å². The van der Waals surface area contributed by atoms with Crippen molar-refractivity contribution in [2.24, 2.45) is 11.3 Å². The number of alkyl halides is 2. The molecule has 2 heterocycles. The van der Waals surface area contributed by atoms with E-state index in [0.29, 0.717) is 18.1 Å². The first-order chi connectivity index (χ1) is 19.9. The number of likely N-dealkylation sites (tertiary alicyclic amines) is 2. The van der Waals surface area contributed by atoms with Gasteiger partial charge in [-0.05, 0) is 57.7 Å². The van der Waals surface area contributed by atoms with Crippen molar-refractivity contribution in [3.05, 3.63) is 34.9 Å².